The number of benzene rings is 1. The molecule has 8 heteroatoms. The van der Waals surface area contributed by atoms with Crippen LogP contribution in [-0.4, -0.2) is 35.6 Å². The molecule has 0 saturated heterocycles. The third kappa shape index (κ3) is 6.72. The third-order valence-corrected chi connectivity index (χ3v) is 5.80. The number of unbranched alkanes of at least 4 members (excludes halogenated alkanes) is 1. The maximum atomic E-state index is 5.51. The van der Waals surface area contributed by atoms with Gasteiger partial charge in [0.2, 0.25) is 0 Å². The highest BCUT2D eigenvalue weighted by atomic mass is 79.9. The molecule has 0 atom stereocenters. The number of hydrogen-bond acceptors (Lipinski definition) is 4. The maximum absolute atomic E-state index is 5.51. The number of hydrogen-bond donors (Lipinski definition) is 2. The normalized spacial score (nSPS) is 10.5. The summed E-state index contributed by atoms with van der Waals surface area (Å²) in [5.41, 5.74) is 0.970. The molecule has 2 rings (SSSR count). The Balaban J connectivity index is 2.14. The number of aromatic nitrogens is 1. The van der Waals surface area contributed by atoms with Crippen molar-refractivity contribution < 1.29 is 0 Å². The van der Waals surface area contributed by atoms with Gasteiger partial charge in [0.15, 0.2) is 5.11 Å². The summed E-state index contributed by atoms with van der Waals surface area (Å²) in [7, 11) is 3.88. The fourth-order valence-electron chi connectivity index (χ4n) is 2.21. The average Bonchev–Trinajstić information content (AvgIpc) is 2.58. The minimum absolute atomic E-state index is 0.733. The zero-order chi connectivity index (χ0) is 19.1. The van der Waals surface area contributed by atoms with Gasteiger partial charge >= 0.3 is 0 Å². The standard InChI is InChI=1S/C18H22Br2N4S2/c1-4-5-6-24(3)18(25)22-13-7-12(19)8-14(9-13)26-15-10-16(20)23-17(11-15)21-2/h7-11H,4-6H2,1-3H3,(H,21,23)(H,22,25). The molecule has 0 saturated carbocycles. The van der Waals surface area contributed by atoms with Crippen molar-refractivity contribution in [1.29, 1.82) is 0 Å². The minimum Gasteiger partial charge on any atom is -0.373 e. The molecule has 1 aromatic heterocycles. The first-order valence-electron chi connectivity index (χ1n) is 8.27. The molecular formula is C18H22Br2N4S2. The summed E-state index contributed by atoms with van der Waals surface area (Å²) in [5, 5.41) is 7.14. The molecule has 2 aromatic rings. The second-order valence-electron chi connectivity index (χ2n) is 5.74. The molecule has 0 aliphatic rings. The number of pyridine rings is 1. The van der Waals surface area contributed by atoms with E-state index in [0.29, 0.717) is 0 Å². The topological polar surface area (TPSA) is 40.2 Å². The maximum Gasteiger partial charge on any atom is 0.173 e. The van der Waals surface area contributed by atoms with Crippen molar-refractivity contribution in [2.75, 3.05) is 31.3 Å². The van der Waals surface area contributed by atoms with E-state index >= 15 is 0 Å². The second kappa shape index (κ2) is 10.5. The Bertz CT molecular complexity index is 771. The van der Waals surface area contributed by atoms with Crippen molar-refractivity contribution in [3.8, 4) is 0 Å². The van der Waals surface area contributed by atoms with E-state index in [-0.39, 0.29) is 0 Å². The summed E-state index contributed by atoms with van der Waals surface area (Å²) in [6.45, 7) is 3.13. The van der Waals surface area contributed by atoms with Gasteiger partial charge in [-0.3, -0.25) is 0 Å². The van der Waals surface area contributed by atoms with E-state index in [2.05, 4.69) is 71.4 Å². The highest BCUT2D eigenvalue weighted by molar-refractivity contribution is 9.10. The molecule has 0 bridgehead atoms. The van der Waals surface area contributed by atoms with E-state index in [1.165, 1.54) is 0 Å². The molecule has 0 aliphatic heterocycles. The molecule has 0 unspecified atom stereocenters. The molecule has 0 radical (unpaired) electrons. The van der Waals surface area contributed by atoms with Gasteiger partial charge in [0, 0.05) is 40.6 Å². The minimum atomic E-state index is 0.733. The summed E-state index contributed by atoms with van der Waals surface area (Å²) in [5.74, 6) is 0.828. The van der Waals surface area contributed by atoms with Crippen LogP contribution in [0.1, 0.15) is 19.8 Å². The van der Waals surface area contributed by atoms with Gasteiger partial charge in [-0.2, -0.15) is 0 Å². The monoisotopic (exact) mass is 516 g/mol. The van der Waals surface area contributed by atoms with Crippen LogP contribution >= 0.6 is 55.8 Å². The van der Waals surface area contributed by atoms with Crippen LogP contribution in [0.25, 0.3) is 0 Å². The van der Waals surface area contributed by atoms with Gasteiger partial charge < -0.3 is 15.5 Å². The molecule has 0 fully saturated rings. The van der Waals surface area contributed by atoms with Crippen LogP contribution < -0.4 is 10.6 Å². The molecule has 1 heterocycles. The average molecular weight is 518 g/mol. The van der Waals surface area contributed by atoms with Gasteiger partial charge in [0.25, 0.3) is 0 Å². The molecule has 140 valence electrons. The SMILES string of the molecule is CCCCN(C)C(=S)Nc1cc(Br)cc(Sc2cc(Br)nc(NC)c2)c1. The van der Waals surface area contributed by atoms with Gasteiger partial charge in [-0.25, -0.2) is 4.98 Å². The Labute approximate surface area is 181 Å². The first-order valence-corrected chi connectivity index (χ1v) is 11.1. The highest BCUT2D eigenvalue weighted by Crippen LogP contribution is 2.34. The van der Waals surface area contributed by atoms with Gasteiger partial charge in [-0.1, -0.05) is 41.0 Å². The van der Waals surface area contributed by atoms with E-state index < -0.39 is 0 Å². The van der Waals surface area contributed by atoms with Gasteiger partial charge in [-0.05, 0) is 64.9 Å². The number of halogens is 2. The Morgan fingerprint density at radius 3 is 2.62 bits per heavy atom. The van der Waals surface area contributed by atoms with E-state index in [1.807, 2.05) is 32.3 Å². The molecule has 0 amide bonds. The number of thiocarbonyl (C=S) groups is 1. The Morgan fingerprint density at radius 1 is 1.19 bits per heavy atom. The number of nitrogens with zero attached hydrogens (tertiary/aromatic N) is 2. The molecule has 4 nitrogen and oxygen atoms in total. The Hall–Kier alpha value is -0.830. The summed E-state index contributed by atoms with van der Waals surface area (Å²) in [6.07, 6.45) is 2.28. The van der Waals surface area contributed by atoms with Crippen LogP contribution in [0.4, 0.5) is 11.5 Å². The highest BCUT2D eigenvalue weighted by Gasteiger charge is 2.08. The molecular weight excluding hydrogens is 496 g/mol. The lowest BCUT2D eigenvalue weighted by molar-refractivity contribution is 0.491. The zero-order valence-electron chi connectivity index (χ0n) is 15.0. The van der Waals surface area contributed by atoms with Gasteiger partial charge in [0.05, 0.1) is 0 Å². The van der Waals surface area contributed by atoms with E-state index in [1.54, 1.807) is 11.8 Å². The van der Waals surface area contributed by atoms with Crippen LogP contribution in [0.3, 0.4) is 0 Å². The Morgan fingerprint density at radius 2 is 1.92 bits per heavy atom. The van der Waals surface area contributed by atoms with Crippen molar-refractivity contribution in [1.82, 2.24) is 9.88 Å². The molecule has 26 heavy (non-hydrogen) atoms. The second-order valence-corrected chi connectivity index (χ2v) is 9.01. The lowest BCUT2D eigenvalue weighted by Gasteiger charge is -2.21. The van der Waals surface area contributed by atoms with Crippen LogP contribution in [0, 0.1) is 0 Å². The van der Waals surface area contributed by atoms with E-state index in [4.69, 9.17) is 12.2 Å². The summed E-state index contributed by atoms with van der Waals surface area (Å²) in [4.78, 5) is 8.65. The van der Waals surface area contributed by atoms with Crippen molar-refractivity contribution in [2.24, 2.45) is 0 Å². The fourth-order valence-corrected chi connectivity index (χ4v) is 4.63. The largest absolute Gasteiger partial charge is 0.373 e. The van der Waals surface area contributed by atoms with Crippen molar-refractivity contribution in [3.05, 3.63) is 39.4 Å². The van der Waals surface area contributed by atoms with Gasteiger partial charge in [-0.15, -0.1) is 0 Å². The third-order valence-electron chi connectivity index (χ3n) is 3.58. The van der Waals surface area contributed by atoms with Gasteiger partial charge in [0.1, 0.15) is 10.4 Å². The molecule has 2 N–H and O–H groups in total. The first-order chi connectivity index (χ1) is 12.4. The smallest absolute Gasteiger partial charge is 0.173 e. The van der Waals surface area contributed by atoms with Crippen LogP contribution in [-0.2, 0) is 0 Å². The van der Waals surface area contributed by atoms with E-state index in [9.17, 15) is 0 Å². The van der Waals surface area contributed by atoms with Crippen LogP contribution in [0.5, 0.6) is 0 Å². The lowest BCUT2D eigenvalue weighted by atomic mass is 10.3. The van der Waals surface area contributed by atoms with Crippen molar-refractivity contribution in [2.45, 2.75) is 29.6 Å². The molecule has 0 aliphatic carbocycles. The quantitative estimate of drug-likeness (QED) is 0.335. The summed E-state index contributed by atoms with van der Waals surface area (Å²) < 4.78 is 1.81. The Kier molecular flexibility index (Phi) is 8.66. The van der Waals surface area contributed by atoms with E-state index in [0.717, 1.165) is 54.9 Å². The fraction of sp³-hybridized carbons (Fsp3) is 0.333. The molecule has 1 aromatic carbocycles. The van der Waals surface area contributed by atoms with Crippen molar-refractivity contribution >= 4 is 72.5 Å². The zero-order valence-corrected chi connectivity index (χ0v) is 19.8. The van der Waals surface area contributed by atoms with Crippen molar-refractivity contribution in [3.63, 3.8) is 0 Å². The van der Waals surface area contributed by atoms with Crippen LogP contribution in [0.15, 0.2) is 49.2 Å². The number of nitrogens with one attached hydrogen (secondary N) is 2. The summed E-state index contributed by atoms with van der Waals surface area (Å²) in [6, 6.07) is 10.2. The first kappa shape index (κ1) is 21.5. The predicted molar refractivity (Wildman–Crippen MR) is 124 cm³/mol. The predicted octanol–water partition coefficient (Wildman–Crippen LogP) is 6.23. The molecule has 0 spiro atoms. The number of rotatable bonds is 7. The number of anilines is 2. The lowest BCUT2D eigenvalue weighted by Crippen LogP contribution is -2.31. The summed E-state index contributed by atoms with van der Waals surface area (Å²) >= 11 is 14.2. The van der Waals surface area contributed by atoms with Crippen LogP contribution in [0.2, 0.25) is 0 Å².